The van der Waals surface area contributed by atoms with Gasteiger partial charge in [-0.2, -0.15) is 0 Å². The highest BCUT2D eigenvalue weighted by molar-refractivity contribution is 7.18. The third-order valence-electron chi connectivity index (χ3n) is 2.79. The van der Waals surface area contributed by atoms with Gasteiger partial charge in [0.25, 0.3) is 0 Å². The minimum atomic E-state index is -0.340. The Hall–Kier alpha value is -1.75. The average molecular weight is 277 g/mol. The fourth-order valence-corrected chi connectivity index (χ4v) is 2.71. The number of aromatic nitrogens is 1. The zero-order chi connectivity index (χ0) is 13.7. The monoisotopic (exact) mass is 277 g/mol. The fourth-order valence-electron chi connectivity index (χ4n) is 1.74. The number of para-hydroxylation sites is 1. The van der Waals surface area contributed by atoms with Crippen molar-refractivity contribution in [1.29, 1.82) is 0 Å². The Balaban J connectivity index is 1.84. The molecule has 0 saturated heterocycles. The van der Waals surface area contributed by atoms with Crippen molar-refractivity contribution >= 4 is 33.3 Å². The van der Waals surface area contributed by atoms with Crippen molar-refractivity contribution in [3.63, 3.8) is 0 Å². The summed E-state index contributed by atoms with van der Waals surface area (Å²) in [5.74, 6) is -0.266. The third kappa shape index (κ3) is 3.86. The van der Waals surface area contributed by atoms with Crippen LogP contribution in [0, 0.1) is 0 Å². The predicted molar refractivity (Wildman–Crippen MR) is 74.2 cm³/mol. The lowest BCUT2D eigenvalue weighted by Gasteiger charge is -1.98. The summed E-state index contributed by atoms with van der Waals surface area (Å²) in [4.78, 5) is 27.0. The lowest BCUT2D eigenvalue weighted by Crippen LogP contribution is -2.06. The van der Waals surface area contributed by atoms with E-state index in [0.717, 1.165) is 15.2 Å². The van der Waals surface area contributed by atoms with Gasteiger partial charge in [0.2, 0.25) is 0 Å². The van der Waals surface area contributed by atoms with Crippen LogP contribution < -0.4 is 0 Å². The smallest absolute Gasteiger partial charge is 0.305 e. The SMILES string of the molecule is COC(=O)CCC(=O)CCc1nc2ccccc2s1. The van der Waals surface area contributed by atoms with E-state index in [1.165, 1.54) is 7.11 Å². The zero-order valence-corrected chi connectivity index (χ0v) is 11.5. The standard InChI is InChI=1S/C14H15NO3S/c1-18-14(17)9-7-10(16)6-8-13-15-11-4-2-3-5-12(11)19-13/h2-5H,6-9H2,1H3. The third-order valence-corrected chi connectivity index (χ3v) is 3.89. The molecule has 0 spiro atoms. The molecule has 0 bridgehead atoms. The normalized spacial score (nSPS) is 10.6. The van der Waals surface area contributed by atoms with Crippen LogP contribution in [0.4, 0.5) is 0 Å². The Morgan fingerprint density at radius 3 is 2.74 bits per heavy atom. The number of rotatable bonds is 6. The van der Waals surface area contributed by atoms with Gasteiger partial charge in [-0.05, 0) is 12.1 Å². The van der Waals surface area contributed by atoms with Gasteiger partial charge in [-0.3, -0.25) is 9.59 Å². The van der Waals surface area contributed by atoms with Crippen molar-refractivity contribution in [3.05, 3.63) is 29.3 Å². The molecule has 100 valence electrons. The Bertz CT molecular complexity index is 558. The zero-order valence-electron chi connectivity index (χ0n) is 10.7. The number of thiazole rings is 1. The Morgan fingerprint density at radius 2 is 2.00 bits per heavy atom. The molecular weight excluding hydrogens is 262 g/mol. The molecule has 0 aliphatic heterocycles. The van der Waals surface area contributed by atoms with Crippen molar-refractivity contribution in [3.8, 4) is 0 Å². The number of benzene rings is 1. The summed E-state index contributed by atoms with van der Waals surface area (Å²) < 4.78 is 5.64. The highest BCUT2D eigenvalue weighted by Gasteiger charge is 2.09. The summed E-state index contributed by atoms with van der Waals surface area (Å²) in [6.07, 6.45) is 1.48. The molecule has 0 aliphatic rings. The molecule has 1 aromatic heterocycles. The van der Waals surface area contributed by atoms with E-state index in [2.05, 4.69) is 9.72 Å². The molecule has 0 fully saturated rings. The second-order valence-corrected chi connectivity index (χ2v) is 5.31. The van der Waals surface area contributed by atoms with E-state index in [1.807, 2.05) is 24.3 Å². The van der Waals surface area contributed by atoms with Crippen LogP contribution in [0.15, 0.2) is 24.3 Å². The second kappa shape index (κ2) is 6.43. The second-order valence-electron chi connectivity index (χ2n) is 4.19. The molecule has 2 aromatic rings. The number of esters is 1. The maximum atomic E-state index is 11.6. The quantitative estimate of drug-likeness (QED) is 0.762. The first-order chi connectivity index (χ1) is 9.19. The van der Waals surface area contributed by atoms with Gasteiger partial charge in [-0.15, -0.1) is 11.3 Å². The average Bonchev–Trinajstić information content (AvgIpc) is 2.85. The maximum Gasteiger partial charge on any atom is 0.305 e. The summed E-state index contributed by atoms with van der Waals surface area (Å²) in [6, 6.07) is 7.92. The molecule has 0 N–H and O–H groups in total. The topological polar surface area (TPSA) is 56.3 Å². The lowest BCUT2D eigenvalue weighted by molar-refractivity contribution is -0.141. The van der Waals surface area contributed by atoms with Crippen LogP contribution >= 0.6 is 11.3 Å². The highest BCUT2D eigenvalue weighted by atomic mass is 32.1. The van der Waals surface area contributed by atoms with Gasteiger partial charge in [0.1, 0.15) is 5.78 Å². The first kappa shape index (κ1) is 13.7. The molecule has 0 radical (unpaired) electrons. The van der Waals surface area contributed by atoms with Crippen molar-refractivity contribution < 1.29 is 14.3 Å². The number of ether oxygens (including phenoxy) is 1. The van der Waals surface area contributed by atoms with Crippen LogP contribution in [-0.2, 0) is 20.7 Å². The number of aryl methyl sites for hydroxylation is 1. The molecule has 5 heteroatoms. The Kier molecular flexibility index (Phi) is 4.63. The van der Waals surface area contributed by atoms with E-state index in [4.69, 9.17) is 0 Å². The van der Waals surface area contributed by atoms with Gasteiger partial charge in [0, 0.05) is 19.3 Å². The molecule has 0 amide bonds. The summed E-state index contributed by atoms with van der Waals surface area (Å²) in [5.41, 5.74) is 0.976. The number of methoxy groups -OCH3 is 1. The number of carbonyl (C=O) groups excluding carboxylic acids is 2. The first-order valence-corrected chi connectivity index (χ1v) is 6.93. The van der Waals surface area contributed by atoms with Crippen LogP contribution in [0.5, 0.6) is 0 Å². The van der Waals surface area contributed by atoms with Gasteiger partial charge < -0.3 is 4.74 Å². The minimum Gasteiger partial charge on any atom is -0.469 e. The molecule has 0 saturated carbocycles. The molecule has 2 rings (SSSR count). The summed E-state index contributed by atoms with van der Waals surface area (Å²) in [6.45, 7) is 0. The lowest BCUT2D eigenvalue weighted by atomic mass is 10.1. The molecule has 0 unspecified atom stereocenters. The van der Waals surface area contributed by atoms with Crippen LogP contribution in [0.1, 0.15) is 24.3 Å². The number of ketones is 1. The number of fused-ring (bicyclic) bond motifs is 1. The summed E-state index contributed by atoms with van der Waals surface area (Å²) in [5, 5.41) is 0.965. The summed E-state index contributed by atoms with van der Waals surface area (Å²) >= 11 is 1.61. The van der Waals surface area contributed by atoms with E-state index >= 15 is 0 Å². The molecule has 19 heavy (non-hydrogen) atoms. The van der Waals surface area contributed by atoms with E-state index in [9.17, 15) is 9.59 Å². The van der Waals surface area contributed by atoms with Crippen LogP contribution in [0.2, 0.25) is 0 Å². The van der Waals surface area contributed by atoms with Crippen molar-refractivity contribution in [1.82, 2.24) is 4.98 Å². The van der Waals surface area contributed by atoms with E-state index in [0.29, 0.717) is 12.8 Å². The number of hydrogen-bond acceptors (Lipinski definition) is 5. The molecule has 1 heterocycles. The highest BCUT2D eigenvalue weighted by Crippen LogP contribution is 2.22. The fraction of sp³-hybridized carbons (Fsp3) is 0.357. The number of hydrogen-bond donors (Lipinski definition) is 0. The molecule has 1 aromatic carbocycles. The van der Waals surface area contributed by atoms with Crippen LogP contribution in [0.25, 0.3) is 10.2 Å². The van der Waals surface area contributed by atoms with Crippen molar-refractivity contribution in [2.45, 2.75) is 25.7 Å². The largest absolute Gasteiger partial charge is 0.469 e. The molecule has 0 aliphatic carbocycles. The minimum absolute atomic E-state index is 0.0738. The van der Waals surface area contributed by atoms with Crippen LogP contribution in [-0.4, -0.2) is 23.8 Å². The predicted octanol–water partition coefficient (Wildman–Crippen LogP) is 2.75. The van der Waals surface area contributed by atoms with Gasteiger partial charge in [0.05, 0.1) is 28.8 Å². The molecule has 4 nitrogen and oxygen atoms in total. The molecular formula is C14H15NO3S. The van der Waals surface area contributed by atoms with Crippen LogP contribution in [0.3, 0.4) is 0 Å². The Morgan fingerprint density at radius 1 is 1.21 bits per heavy atom. The van der Waals surface area contributed by atoms with E-state index in [1.54, 1.807) is 11.3 Å². The van der Waals surface area contributed by atoms with Gasteiger partial charge in [0.15, 0.2) is 0 Å². The van der Waals surface area contributed by atoms with Crippen molar-refractivity contribution in [2.75, 3.05) is 7.11 Å². The number of nitrogens with zero attached hydrogens (tertiary/aromatic N) is 1. The molecule has 0 atom stereocenters. The Labute approximate surface area is 115 Å². The number of Topliss-reactive ketones (excluding diaryl/α,β-unsaturated/α-hetero) is 1. The summed E-state index contributed by atoms with van der Waals surface area (Å²) in [7, 11) is 1.33. The van der Waals surface area contributed by atoms with E-state index in [-0.39, 0.29) is 24.6 Å². The van der Waals surface area contributed by atoms with Gasteiger partial charge >= 0.3 is 5.97 Å². The van der Waals surface area contributed by atoms with E-state index < -0.39 is 0 Å². The maximum absolute atomic E-state index is 11.6. The van der Waals surface area contributed by atoms with Gasteiger partial charge in [-0.25, -0.2) is 4.98 Å². The van der Waals surface area contributed by atoms with Gasteiger partial charge in [-0.1, -0.05) is 12.1 Å². The number of carbonyl (C=O) groups is 2. The van der Waals surface area contributed by atoms with Crippen molar-refractivity contribution in [2.24, 2.45) is 0 Å². The first-order valence-electron chi connectivity index (χ1n) is 6.12.